The molecule has 2 saturated heterocycles. The molecular formula is C21H32N4O. The number of nitrogens with one attached hydrogen (secondary N) is 1. The molecule has 0 aliphatic carbocycles. The lowest BCUT2D eigenvalue weighted by Crippen LogP contribution is -2.62. The topological polar surface area (TPSA) is 53.3 Å². The van der Waals surface area contributed by atoms with Crippen molar-refractivity contribution in [2.24, 2.45) is 0 Å². The first kappa shape index (κ1) is 18.0. The normalized spacial score (nSPS) is 26.9. The molecule has 0 unspecified atom stereocenters. The summed E-state index contributed by atoms with van der Waals surface area (Å²) >= 11 is 0. The van der Waals surface area contributed by atoms with Gasteiger partial charge in [-0.2, -0.15) is 0 Å². The van der Waals surface area contributed by atoms with Gasteiger partial charge in [-0.1, -0.05) is 18.6 Å². The lowest BCUT2D eigenvalue weighted by atomic mass is 9.79. The molecule has 3 heterocycles. The van der Waals surface area contributed by atoms with E-state index in [9.17, 15) is 5.11 Å². The summed E-state index contributed by atoms with van der Waals surface area (Å²) < 4.78 is 2.30. The Bertz CT molecular complexity index is 741. The zero-order chi connectivity index (χ0) is 18.0. The SMILES string of the molecule is CCn1c(CCNC[C@]2(O)CCCN3CCCC[C@@H]32)nc2ccccc21. The Morgan fingerprint density at radius 1 is 1.23 bits per heavy atom. The molecule has 5 heteroatoms. The van der Waals surface area contributed by atoms with Crippen molar-refractivity contribution in [3.63, 3.8) is 0 Å². The second-order valence-electron chi connectivity index (χ2n) is 7.94. The number of hydrogen-bond acceptors (Lipinski definition) is 4. The Balaban J connectivity index is 1.36. The van der Waals surface area contributed by atoms with Crippen LogP contribution in [0, 0.1) is 0 Å². The van der Waals surface area contributed by atoms with E-state index in [1.54, 1.807) is 0 Å². The predicted molar refractivity (Wildman–Crippen MR) is 105 cm³/mol. The fraction of sp³-hybridized carbons (Fsp3) is 0.667. The second kappa shape index (κ2) is 7.67. The smallest absolute Gasteiger partial charge is 0.111 e. The molecule has 2 aliphatic rings. The van der Waals surface area contributed by atoms with Gasteiger partial charge in [0.25, 0.3) is 0 Å². The van der Waals surface area contributed by atoms with Crippen LogP contribution in [-0.4, -0.2) is 57.4 Å². The summed E-state index contributed by atoms with van der Waals surface area (Å²) in [6.45, 7) is 6.99. The summed E-state index contributed by atoms with van der Waals surface area (Å²) in [5.41, 5.74) is 1.73. The minimum Gasteiger partial charge on any atom is -0.387 e. The van der Waals surface area contributed by atoms with Gasteiger partial charge in [0.1, 0.15) is 5.82 Å². The maximum atomic E-state index is 11.3. The lowest BCUT2D eigenvalue weighted by Gasteiger charge is -2.49. The maximum absolute atomic E-state index is 11.3. The summed E-state index contributed by atoms with van der Waals surface area (Å²) in [7, 11) is 0. The molecule has 2 atom stereocenters. The maximum Gasteiger partial charge on any atom is 0.111 e. The number of rotatable bonds is 6. The Morgan fingerprint density at radius 2 is 2.08 bits per heavy atom. The van der Waals surface area contributed by atoms with Gasteiger partial charge in [-0.05, 0) is 57.8 Å². The highest BCUT2D eigenvalue weighted by atomic mass is 16.3. The highest BCUT2D eigenvalue weighted by Crippen LogP contribution is 2.33. The fourth-order valence-corrected chi connectivity index (χ4v) is 5.00. The Labute approximate surface area is 156 Å². The molecular weight excluding hydrogens is 324 g/mol. The van der Waals surface area contributed by atoms with E-state index in [0.29, 0.717) is 12.6 Å². The molecule has 26 heavy (non-hydrogen) atoms. The zero-order valence-electron chi connectivity index (χ0n) is 16.0. The highest BCUT2D eigenvalue weighted by molar-refractivity contribution is 5.75. The van der Waals surface area contributed by atoms with Crippen molar-refractivity contribution in [3.8, 4) is 0 Å². The molecule has 0 spiro atoms. The third-order valence-electron chi connectivity index (χ3n) is 6.30. The van der Waals surface area contributed by atoms with Crippen LogP contribution >= 0.6 is 0 Å². The fourth-order valence-electron chi connectivity index (χ4n) is 5.00. The van der Waals surface area contributed by atoms with Crippen LogP contribution in [0.4, 0.5) is 0 Å². The average molecular weight is 357 g/mol. The van der Waals surface area contributed by atoms with Crippen molar-refractivity contribution >= 4 is 11.0 Å². The molecule has 2 fully saturated rings. The molecule has 2 aliphatic heterocycles. The van der Waals surface area contributed by atoms with Gasteiger partial charge in [0.2, 0.25) is 0 Å². The van der Waals surface area contributed by atoms with E-state index in [1.807, 2.05) is 6.07 Å². The van der Waals surface area contributed by atoms with E-state index in [0.717, 1.165) is 63.2 Å². The van der Waals surface area contributed by atoms with Crippen LogP contribution in [0.2, 0.25) is 0 Å². The van der Waals surface area contributed by atoms with Crippen molar-refractivity contribution < 1.29 is 5.11 Å². The molecule has 5 nitrogen and oxygen atoms in total. The molecule has 0 amide bonds. The Hall–Kier alpha value is -1.43. The van der Waals surface area contributed by atoms with E-state index in [2.05, 4.69) is 39.9 Å². The standard InChI is InChI=1S/C21H32N4O/c1-2-25-18-9-4-3-8-17(18)23-20(25)11-13-22-16-21(26)12-7-15-24-14-6-5-10-19(21)24/h3-4,8-9,19,22,26H,2,5-7,10-16H2,1H3/t19-,21-/m1/s1. The Kier molecular flexibility index (Phi) is 5.30. The lowest BCUT2D eigenvalue weighted by molar-refractivity contribution is -0.0916. The second-order valence-corrected chi connectivity index (χ2v) is 7.94. The molecule has 0 saturated carbocycles. The first-order chi connectivity index (χ1) is 12.7. The van der Waals surface area contributed by atoms with Crippen LogP contribution < -0.4 is 5.32 Å². The van der Waals surface area contributed by atoms with Crippen LogP contribution in [0.25, 0.3) is 11.0 Å². The van der Waals surface area contributed by atoms with Crippen LogP contribution in [-0.2, 0) is 13.0 Å². The summed E-state index contributed by atoms with van der Waals surface area (Å²) in [6, 6.07) is 8.70. The number of aliphatic hydroxyl groups is 1. The average Bonchev–Trinajstić information content (AvgIpc) is 3.03. The first-order valence-electron chi connectivity index (χ1n) is 10.3. The van der Waals surface area contributed by atoms with Crippen LogP contribution in [0.5, 0.6) is 0 Å². The van der Waals surface area contributed by atoms with Crippen molar-refractivity contribution in [1.82, 2.24) is 19.8 Å². The van der Waals surface area contributed by atoms with Crippen molar-refractivity contribution in [1.29, 1.82) is 0 Å². The molecule has 0 bridgehead atoms. The number of benzene rings is 1. The molecule has 2 N–H and O–H groups in total. The Morgan fingerprint density at radius 3 is 2.96 bits per heavy atom. The van der Waals surface area contributed by atoms with E-state index in [-0.39, 0.29) is 0 Å². The number of para-hydroxylation sites is 2. The summed E-state index contributed by atoms with van der Waals surface area (Å²) in [4.78, 5) is 7.32. The predicted octanol–water partition coefficient (Wildman–Crippen LogP) is 2.57. The van der Waals surface area contributed by atoms with Gasteiger partial charge in [0, 0.05) is 32.1 Å². The highest BCUT2D eigenvalue weighted by Gasteiger charge is 2.43. The summed E-state index contributed by atoms with van der Waals surface area (Å²) in [6.07, 6.45) is 6.61. The van der Waals surface area contributed by atoms with Gasteiger partial charge in [-0.15, -0.1) is 0 Å². The van der Waals surface area contributed by atoms with Crippen LogP contribution in [0.15, 0.2) is 24.3 Å². The number of nitrogens with zero attached hydrogens (tertiary/aromatic N) is 3. The number of aryl methyl sites for hydroxylation is 1. The third-order valence-corrected chi connectivity index (χ3v) is 6.30. The summed E-state index contributed by atoms with van der Waals surface area (Å²) in [5.74, 6) is 1.14. The largest absolute Gasteiger partial charge is 0.387 e. The first-order valence-corrected chi connectivity index (χ1v) is 10.3. The van der Waals surface area contributed by atoms with Crippen LogP contribution in [0.1, 0.15) is 44.9 Å². The number of imidazole rings is 1. The van der Waals surface area contributed by atoms with E-state index < -0.39 is 5.60 Å². The van der Waals surface area contributed by atoms with Crippen molar-refractivity contribution in [2.45, 2.75) is 63.6 Å². The minimum absolute atomic E-state index is 0.345. The molecule has 2 aromatic rings. The van der Waals surface area contributed by atoms with E-state index in [1.165, 1.54) is 18.4 Å². The van der Waals surface area contributed by atoms with Crippen molar-refractivity contribution in [2.75, 3.05) is 26.2 Å². The molecule has 1 aromatic heterocycles. The van der Waals surface area contributed by atoms with Crippen molar-refractivity contribution in [3.05, 3.63) is 30.1 Å². The molecule has 142 valence electrons. The third kappa shape index (κ3) is 3.40. The quantitative estimate of drug-likeness (QED) is 0.781. The minimum atomic E-state index is -0.566. The monoisotopic (exact) mass is 356 g/mol. The summed E-state index contributed by atoms with van der Waals surface area (Å²) in [5, 5.41) is 14.8. The van der Waals surface area contributed by atoms with Gasteiger partial charge < -0.3 is 15.0 Å². The van der Waals surface area contributed by atoms with Gasteiger partial charge in [0.05, 0.1) is 16.6 Å². The van der Waals surface area contributed by atoms with Gasteiger partial charge in [-0.25, -0.2) is 4.98 Å². The molecule has 1 aromatic carbocycles. The van der Waals surface area contributed by atoms with Gasteiger partial charge in [0.15, 0.2) is 0 Å². The number of hydrogen-bond donors (Lipinski definition) is 2. The van der Waals surface area contributed by atoms with E-state index in [4.69, 9.17) is 4.98 Å². The molecule has 4 rings (SSSR count). The van der Waals surface area contributed by atoms with E-state index >= 15 is 0 Å². The van der Waals surface area contributed by atoms with Crippen LogP contribution in [0.3, 0.4) is 0 Å². The zero-order valence-corrected chi connectivity index (χ0v) is 16.0. The molecule has 0 radical (unpaired) electrons. The number of piperidine rings is 2. The number of fused-ring (bicyclic) bond motifs is 2. The van der Waals surface area contributed by atoms with Gasteiger partial charge in [-0.3, -0.25) is 4.90 Å². The van der Waals surface area contributed by atoms with Gasteiger partial charge >= 0.3 is 0 Å². The number of aromatic nitrogens is 2.